The lowest BCUT2D eigenvalue weighted by Gasteiger charge is -2.08. The van der Waals surface area contributed by atoms with E-state index >= 15 is 0 Å². The number of H-pyrrole nitrogens is 1. The number of ketones is 1. The van der Waals surface area contributed by atoms with Crippen LogP contribution in [0.15, 0.2) is 36.5 Å². The zero-order valence-corrected chi connectivity index (χ0v) is 8.63. The third-order valence-electron chi connectivity index (χ3n) is 2.30. The van der Waals surface area contributed by atoms with Gasteiger partial charge in [-0.05, 0) is 12.0 Å². The van der Waals surface area contributed by atoms with E-state index in [4.69, 9.17) is 5.73 Å². The van der Waals surface area contributed by atoms with Crippen molar-refractivity contribution in [3.05, 3.63) is 47.8 Å². The number of hydrogen-bond acceptors (Lipinski definition) is 4. The average Bonchev–Trinajstić information content (AvgIpc) is 2.83. The number of nitrogens with zero attached hydrogens (tertiary/aromatic N) is 2. The average molecular weight is 216 g/mol. The van der Waals surface area contributed by atoms with E-state index in [-0.39, 0.29) is 11.5 Å². The van der Waals surface area contributed by atoms with E-state index in [1.54, 1.807) is 0 Å². The van der Waals surface area contributed by atoms with Crippen LogP contribution in [0.5, 0.6) is 0 Å². The predicted octanol–water partition coefficient (Wildman–Crippen LogP) is 0.557. The van der Waals surface area contributed by atoms with Gasteiger partial charge in [0.25, 0.3) is 0 Å². The second kappa shape index (κ2) is 4.67. The van der Waals surface area contributed by atoms with Crippen LogP contribution in [0.4, 0.5) is 0 Å². The zero-order chi connectivity index (χ0) is 11.4. The Balaban J connectivity index is 2.04. The molecular formula is C11H12N4O. The van der Waals surface area contributed by atoms with Crippen molar-refractivity contribution in [1.29, 1.82) is 0 Å². The molecule has 5 nitrogen and oxygen atoms in total. The molecule has 0 fully saturated rings. The van der Waals surface area contributed by atoms with Gasteiger partial charge >= 0.3 is 0 Å². The van der Waals surface area contributed by atoms with Gasteiger partial charge in [0.2, 0.25) is 5.78 Å². The van der Waals surface area contributed by atoms with E-state index in [9.17, 15) is 4.79 Å². The standard InChI is InChI=1S/C11H12N4O/c12-9(6-8-4-2-1-3-5-8)11(16)10-7-13-15-14-10/h1-5,7,9H,6,12H2,(H,13,14,15). The Morgan fingerprint density at radius 1 is 1.38 bits per heavy atom. The van der Waals surface area contributed by atoms with Gasteiger partial charge in [-0.2, -0.15) is 15.4 Å². The number of hydrogen-bond donors (Lipinski definition) is 2. The number of benzene rings is 1. The number of nitrogens with two attached hydrogens (primary N) is 1. The van der Waals surface area contributed by atoms with Crippen LogP contribution in [-0.2, 0) is 6.42 Å². The van der Waals surface area contributed by atoms with E-state index in [0.29, 0.717) is 6.42 Å². The first-order chi connectivity index (χ1) is 7.77. The third-order valence-corrected chi connectivity index (χ3v) is 2.30. The number of carbonyl (C=O) groups is 1. The second-order valence-corrected chi connectivity index (χ2v) is 3.52. The highest BCUT2D eigenvalue weighted by molar-refractivity contribution is 5.98. The molecular weight excluding hydrogens is 204 g/mol. The molecule has 3 N–H and O–H groups in total. The number of aromatic nitrogens is 3. The van der Waals surface area contributed by atoms with E-state index < -0.39 is 6.04 Å². The Morgan fingerprint density at radius 2 is 2.12 bits per heavy atom. The number of carbonyl (C=O) groups excluding carboxylic acids is 1. The molecule has 0 aliphatic carbocycles. The first-order valence-electron chi connectivity index (χ1n) is 4.97. The van der Waals surface area contributed by atoms with Gasteiger partial charge in [0, 0.05) is 0 Å². The normalized spacial score (nSPS) is 12.3. The molecule has 1 aromatic carbocycles. The fraction of sp³-hybridized carbons (Fsp3) is 0.182. The molecule has 0 saturated heterocycles. The topological polar surface area (TPSA) is 84.7 Å². The highest BCUT2D eigenvalue weighted by Crippen LogP contribution is 2.05. The third kappa shape index (κ3) is 2.32. The lowest BCUT2D eigenvalue weighted by atomic mass is 10.0. The van der Waals surface area contributed by atoms with Gasteiger partial charge in [0.1, 0.15) is 5.69 Å². The summed E-state index contributed by atoms with van der Waals surface area (Å²) in [6, 6.07) is 9.07. The van der Waals surface area contributed by atoms with Crippen molar-refractivity contribution in [2.24, 2.45) is 5.73 Å². The van der Waals surface area contributed by atoms with Crippen LogP contribution in [-0.4, -0.2) is 27.2 Å². The molecule has 16 heavy (non-hydrogen) atoms. The van der Waals surface area contributed by atoms with Crippen molar-refractivity contribution in [2.75, 3.05) is 0 Å². The van der Waals surface area contributed by atoms with Crippen LogP contribution < -0.4 is 5.73 Å². The van der Waals surface area contributed by atoms with E-state index in [1.165, 1.54) is 6.20 Å². The first-order valence-corrected chi connectivity index (χ1v) is 4.97. The molecule has 1 heterocycles. The number of Topliss-reactive ketones (excluding diaryl/α,β-unsaturated/α-hetero) is 1. The minimum Gasteiger partial charge on any atom is -0.321 e. The summed E-state index contributed by atoms with van der Waals surface area (Å²) >= 11 is 0. The smallest absolute Gasteiger partial charge is 0.201 e. The summed E-state index contributed by atoms with van der Waals surface area (Å²) in [5, 5.41) is 9.69. The van der Waals surface area contributed by atoms with Gasteiger partial charge in [-0.1, -0.05) is 30.3 Å². The van der Waals surface area contributed by atoms with Crippen LogP contribution in [0, 0.1) is 0 Å². The second-order valence-electron chi connectivity index (χ2n) is 3.52. The molecule has 2 rings (SSSR count). The fourth-order valence-electron chi connectivity index (χ4n) is 1.47. The number of aromatic amines is 1. The van der Waals surface area contributed by atoms with Crippen molar-refractivity contribution in [1.82, 2.24) is 15.4 Å². The largest absolute Gasteiger partial charge is 0.321 e. The molecule has 82 valence electrons. The SMILES string of the molecule is NC(Cc1ccccc1)C(=O)c1cn[nH]n1. The summed E-state index contributed by atoms with van der Waals surface area (Å²) in [7, 11) is 0. The van der Waals surface area contributed by atoms with Crippen LogP contribution in [0.2, 0.25) is 0 Å². The summed E-state index contributed by atoms with van der Waals surface area (Å²) in [5.74, 6) is -0.197. The molecule has 0 radical (unpaired) electrons. The number of rotatable bonds is 4. The zero-order valence-electron chi connectivity index (χ0n) is 8.63. The molecule has 0 saturated carbocycles. The Hall–Kier alpha value is -2.01. The first kappa shape index (κ1) is 10.5. The highest BCUT2D eigenvalue weighted by Gasteiger charge is 2.18. The van der Waals surface area contributed by atoms with E-state index in [1.807, 2.05) is 30.3 Å². The van der Waals surface area contributed by atoms with Gasteiger partial charge < -0.3 is 5.73 Å². The van der Waals surface area contributed by atoms with Crippen LogP contribution in [0.25, 0.3) is 0 Å². The van der Waals surface area contributed by atoms with Crippen LogP contribution >= 0.6 is 0 Å². The summed E-state index contributed by atoms with van der Waals surface area (Å²) in [4.78, 5) is 11.8. The lowest BCUT2D eigenvalue weighted by Crippen LogP contribution is -2.33. The molecule has 0 bridgehead atoms. The van der Waals surface area contributed by atoms with E-state index in [2.05, 4.69) is 15.4 Å². The van der Waals surface area contributed by atoms with Crippen molar-refractivity contribution < 1.29 is 4.79 Å². The Morgan fingerprint density at radius 3 is 2.75 bits per heavy atom. The van der Waals surface area contributed by atoms with Crippen molar-refractivity contribution in [3.63, 3.8) is 0 Å². The molecule has 2 aromatic rings. The predicted molar refractivity (Wildman–Crippen MR) is 58.8 cm³/mol. The summed E-state index contributed by atoms with van der Waals surface area (Å²) in [6.45, 7) is 0. The summed E-state index contributed by atoms with van der Waals surface area (Å²) in [5.41, 5.74) is 7.12. The Labute approximate surface area is 92.7 Å². The van der Waals surface area contributed by atoms with E-state index in [0.717, 1.165) is 5.56 Å². The lowest BCUT2D eigenvalue weighted by molar-refractivity contribution is 0.0956. The van der Waals surface area contributed by atoms with Gasteiger partial charge in [0.05, 0.1) is 12.2 Å². The Kier molecular flexibility index (Phi) is 3.07. The van der Waals surface area contributed by atoms with Crippen LogP contribution in [0.3, 0.4) is 0 Å². The van der Waals surface area contributed by atoms with Gasteiger partial charge in [0.15, 0.2) is 0 Å². The quantitative estimate of drug-likeness (QED) is 0.731. The molecule has 1 unspecified atom stereocenters. The Bertz CT molecular complexity index is 452. The minimum atomic E-state index is -0.576. The molecule has 0 amide bonds. The number of nitrogens with one attached hydrogen (secondary N) is 1. The van der Waals surface area contributed by atoms with Crippen molar-refractivity contribution in [2.45, 2.75) is 12.5 Å². The van der Waals surface area contributed by atoms with Crippen molar-refractivity contribution in [3.8, 4) is 0 Å². The minimum absolute atomic E-state index is 0.197. The maximum absolute atomic E-state index is 11.8. The molecule has 0 aliphatic rings. The molecule has 5 heteroatoms. The monoisotopic (exact) mass is 216 g/mol. The maximum atomic E-state index is 11.8. The summed E-state index contributed by atoms with van der Waals surface area (Å²) in [6.07, 6.45) is 1.89. The molecule has 0 spiro atoms. The van der Waals surface area contributed by atoms with Gasteiger partial charge in [-0.3, -0.25) is 4.79 Å². The summed E-state index contributed by atoms with van der Waals surface area (Å²) < 4.78 is 0. The van der Waals surface area contributed by atoms with Gasteiger partial charge in [-0.25, -0.2) is 0 Å². The van der Waals surface area contributed by atoms with Crippen molar-refractivity contribution >= 4 is 5.78 Å². The van der Waals surface area contributed by atoms with Gasteiger partial charge in [-0.15, -0.1) is 0 Å². The molecule has 1 aromatic heterocycles. The molecule has 0 aliphatic heterocycles. The molecule has 1 atom stereocenters. The van der Waals surface area contributed by atoms with Crippen LogP contribution in [0.1, 0.15) is 16.1 Å². The fourth-order valence-corrected chi connectivity index (χ4v) is 1.47. The maximum Gasteiger partial charge on any atom is 0.201 e. The highest BCUT2D eigenvalue weighted by atomic mass is 16.1.